The highest BCUT2D eigenvalue weighted by Gasteiger charge is 2.14. The third-order valence-corrected chi connectivity index (χ3v) is 3.02. The van der Waals surface area contributed by atoms with Crippen molar-refractivity contribution in [1.29, 1.82) is 0 Å². The van der Waals surface area contributed by atoms with E-state index in [1.54, 1.807) is 25.1 Å². The van der Waals surface area contributed by atoms with Gasteiger partial charge in [0.2, 0.25) is 0 Å². The molecule has 0 saturated heterocycles. The lowest BCUT2D eigenvalue weighted by molar-refractivity contribution is -0.385. The molecule has 0 spiro atoms. The van der Waals surface area contributed by atoms with E-state index in [-0.39, 0.29) is 23.1 Å². The fourth-order valence-corrected chi connectivity index (χ4v) is 1.82. The van der Waals surface area contributed by atoms with Crippen molar-refractivity contribution in [2.45, 2.75) is 13.5 Å². The summed E-state index contributed by atoms with van der Waals surface area (Å²) in [6, 6.07) is 8.77. The van der Waals surface area contributed by atoms with Gasteiger partial charge in [-0.1, -0.05) is 17.7 Å². The molecule has 0 heterocycles. The summed E-state index contributed by atoms with van der Waals surface area (Å²) < 4.78 is 18.7. The second-order valence-electron chi connectivity index (χ2n) is 4.23. The zero-order chi connectivity index (χ0) is 14.7. The third kappa shape index (κ3) is 3.24. The smallest absolute Gasteiger partial charge is 0.277 e. The van der Waals surface area contributed by atoms with E-state index in [1.807, 2.05) is 0 Å². The minimum Gasteiger partial charge on any atom is -0.489 e. The van der Waals surface area contributed by atoms with Crippen molar-refractivity contribution in [3.05, 3.63) is 68.5 Å². The molecule has 0 amide bonds. The number of rotatable bonds is 4. The molecule has 0 aliphatic carbocycles. The van der Waals surface area contributed by atoms with Crippen LogP contribution in [0.5, 0.6) is 5.75 Å². The highest BCUT2D eigenvalue weighted by molar-refractivity contribution is 6.30. The third-order valence-electron chi connectivity index (χ3n) is 2.78. The second-order valence-corrected chi connectivity index (χ2v) is 4.67. The molecule has 0 aromatic heterocycles. The summed E-state index contributed by atoms with van der Waals surface area (Å²) in [6.45, 7) is 1.61. The molecule has 0 atom stereocenters. The zero-order valence-corrected chi connectivity index (χ0v) is 11.4. The number of aryl methyl sites for hydroxylation is 1. The van der Waals surface area contributed by atoms with Crippen molar-refractivity contribution in [2.75, 3.05) is 0 Å². The van der Waals surface area contributed by atoms with Gasteiger partial charge in [-0.3, -0.25) is 10.1 Å². The highest BCUT2D eigenvalue weighted by Crippen LogP contribution is 2.25. The van der Waals surface area contributed by atoms with Crippen molar-refractivity contribution < 1.29 is 14.1 Å². The maximum absolute atomic E-state index is 13.4. The minimum atomic E-state index is -0.527. The summed E-state index contributed by atoms with van der Waals surface area (Å²) in [7, 11) is 0. The van der Waals surface area contributed by atoms with E-state index in [1.165, 1.54) is 18.2 Å². The standard InChI is InChI=1S/C14H11ClFNO3/c1-9-2-5-12(7-13(9)16)20-8-10-3-4-11(15)6-14(10)17(18)19/h2-7H,8H2,1H3. The van der Waals surface area contributed by atoms with Gasteiger partial charge in [0, 0.05) is 17.2 Å². The van der Waals surface area contributed by atoms with Gasteiger partial charge in [-0.25, -0.2) is 4.39 Å². The van der Waals surface area contributed by atoms with Gasteiger partial charge in [-0.15, -0.1) is 0 Å². The lowest BCUT2D eigenvalue weighted by Gasteiger charge is -2.08. The van der Waals surface area contributed by atoms with E-state index in [4.69, 9.17) is 16.3 Å². The molecule has 0 aliphatic rings. The van der Waals surface area contributed by atoms with E-state index in [9.17, 15) is 14.5 Å². The van der Waals surface area contributed by atoms with E-state index in [0.29, 0.717) is 16.9 Å². The number of ether oxygens (including phenoxy) is 1. The molecule has 4 nitrogen and oxygen atoms in total. The van der Waals surface area contributed by atoms with Crippen LogP contribution < -0.4 is 4.74 Å². The Morgan fingerprint density at radius 1 is 1.30 bits per heavy atom. The zero-order valence-electron chi connectivity index (χ0n) is 10.6. The fourth-order valence-electron chi connectivity index (χ4n) is 1.65. The Labute approximate surface area is 119 Å². The van der Waals surface area contributed by atoms with Crippen molar-refractivity contribution in [2.24, 2.45) is 0 Å². The summed E-state index contributed by atoms with van der Waals surface area (Å²) in [5.41, 5.74) is 0.764. The molecule has 6 heteroatoms. The van der Waals surface area contributed by atoms with Gasteiger partial charge in [0.1, 0.15) is 18.2 Å². The van der Waals surface area contributed by atoms with Gasteiger partial charge in [0.25, 0.3) is 5.69 Å². The van der Waals surface area contributed by atoms with E-state index in [0.717, 1.165) is 0 Å². The first-order valence-electron chi connectivity index (χ1n) is 5.79. The van der Waals surface area contributed by atoms with Crippen LogP contribution in [0.3, 0.4) is 0 Å². The van der Waals surface area contributed by atoms with Crippen molar-refractivity contribution >= 4 is 17.3 Å². The Morgan fingerprint density at radius 2 is 2.05 bits per heavy atom. The summed E-state index contributed by atoms with van der Waals surface area (Å²) in [4.78, 5) is 10.4. The number of benzene rings is 2. The van der Waals surface area contributed by atoms with Crippen molar-refractivity contribution in [3.8, 4) is 5.75 Å². The number of nitro benzene ring substituents is 1. The molecule has 0 unspecified atom stereocenters. The molecule has 2 rings (SSSR count). The Bertz CT molecular complexity index is 661. The van der Waals surface area contributed by atoms with Crippen LogP contribution in [0.1, 0.15) is 11.1 Å². The molecule has 2 aromatic rings. The van der Waals surface area contributed by atoms with Crippen LogP contribution in [0.4, 0.5) is 10.1 Å². The van der Waals surface area contributed by atoms with Gasteiger partial charge in [0.15, 0.2) is 0 Å². The van der Waals surface area contributed by atoms with Crippen molar-refractivity contribution in [1.82, 2.24) is 0 Å². The van der Waals surface area contributed by atoms with Crippen LogP contribution in [-0.2, 0) is 6.61 Å². The Kier molecular flexibility index (Phi) is 4.20. The Morgan fingerprint density at radius 3 is 2.70 bits per heavy atom. The van der Waals surface area contributed by atoms with Gasteiger partial charge < -0.3 is 4.74 Å². The van der Waals surface area contributed by atoms with Crippen LogP contribution in [0.25, 0.3) is 0 Å². The predicted octanol–water partition coefficient (Wildman–Crippen LogP) is 4.27. The molecule has 0 saturated carbocycles. The number of nitrogens with zero attached hydrogens (tertiary/aromatic N) is 1. The molecule has 0 bridgehead atoms. The maximum atomic E-state index is 13.4. The first kappa shape index (κ1) is 14.3. The quantitative estimate of drug-likeness (QED) is 0.625. The monoisotopic (exact) mass is 295 g/mol. The Balaban J connectivity index is 2.18. The predicted molar refractivity (Wildman–Crippen MR) is 73.6 cm³/mol. The Hall–Kier alpha value is -2.14. The van der Waals surface area contributed by atoms with Crippen molar-refractivity contribution in [3.63, 3.8) is 0 Å². The van der Waals surface area contributed by atoms with E-state index >= 15 is 0 Å². The summed E-state index contributed by atoms with van der Waals surface area (Å²) in [5, 5.41) is 11.2. The summed E-state index contributed by atoms with van der Waals surface area (Å²) in [5.74, 6) is -0.0644. The molecule has 0 radical (unpaired) electrons. The van der Waals surface area contributed by atoms with E-state index in [2.05, 4.69) is 0 Å². The molecule has 0 aliphatic heterocycles. The van der Waals surface area contributed by atoms with Gasteiger partial charge >= 0.3 is 0 Å². The molecular formula is C14H11ClFNO3. The van der Waals surface area contributed by atoms with Gasteiger partial charge in [-0.2, -0.15) is 0 Å². The molecule has 0 fully saturated rings. The van der Waals surface area contributed by atoms with Crippen LogP contribution in [0.2, 0.25) is 5.02 Å². The second kappa shape index (κ2) is 5.88. The molecule has 0 N–H and O–H groups in total. The average molecular weight is 296 g/mol. The van der Waals surface area contributed by atoms with Gasteiger partial charge in [0.05, 0.1) is 10.5 Å². The molecular weight excluding hydrogens is 285 g/mol. The normalized spacial score (nSPS) is 10.3. The molecule has 2 aromatic carbocycles. The SMILES string of the molecule is Cc1ccc(OCc2ccc(Cl)cc2[N+](=O)[O-])cc1F. The highest BCUT2D eigenvalue weighted by atomic mass is 35.5. The van der Waals surface area contributed by atoms with Crippen LogP contribution >= 0.6 is 11.6 Å². The molecule has 20 heavy (non-hydrogen) atoms. The van der Waals surface area contributed by atoms with Crippen LogP contribution in [0, 0.1) is 22.9 Å². The summed E-state index contributed by atoms with van der Waals surface area (Å²) >= 11 is 5.72. The number of hydrogen-bond donors (Lipinski definition) is 0. The number of halogens is 2. The molecule has 104 valence electrons. The van der Waals surface area contributed by atoms with Crippen LogP contribution in [-0.4, -0.2) is 4.92 Å². The minimum absolute atomic E-state index is 0.0318. The fraction of sp³-hybridized carbons (Fsp3) is 0.143. The first-order valence-corrected chi connectivity index (χ1v) is 6.17. The maximum Gasteiger partial charge on any atom is 0.277 e. The number of hydrogen-bond acceptors (Lipinski definition) is 3. The summed E-state index contributed by atoms with van der Waals surface area (Å²) in [6.07, 6.45) is 0. The average Bonchev–Trinajstić information content (AvgIpc) is 2.41. The lowest BCUT2D eigenvalue weighted by atomic mass is 10.2. The largest absolute Gasteiger partial charge is 0.489 e. The lowest BCUT2D eigenvalue weighted by Crippen LogP contribution is -2.01. The first-order chi connectivity index (χ1) is 9.47. The van der Waals surface area contributed by atoms with Crippen LogP contribution in [0.15, 0.2) is 36.4 Å². The van der Waals surface area contributed by atoms with Gasteiger partial charge in [-0.05, 0) is 30.7 Å². The van der Waals surface area contributed by atoms with E-state index < -0.39 is 4.92 Å². The topological polar surface area (TPSA) is 52.4 Å². The number of nitro groups is 1.